The Kier molecular flexibility index (Phi) is 3.60. The molecule has 2 aromatic rings. The van der Waals surface area contributed by atoms with Gasteiger partial charge in [0, 0.05) is 37.2 Å². The molecule has 0 aliphatic carbocycles. The predicted molar refractivity (Wildman–Crippen MR) is 83.4 cm³/mol. The summed E-state index contributed by atoms with van der Waals surface area (Å²) in [5.74, 6) is 0.0500. The highest BCUT2D eigenvalue weighted by Crippen LogP contribution is 2.25. The summed E-state index contributed by atoms with van der Waals surface area (Å²) in [7, 11) is 1.85. The molecular weight excluding hydrogens is 262 g/mol. The minimum atomic E-state index is 0.0203. The van der Waals surface area contributed by atoms with Gasteiger partial charge in [0.15, 0.2) is 0 Å². The highest BCUT2D eigenvalue weighted by molar-refractivity contribution is 5.95. The summed E-state index contributed by atoms with van der Waals surface area (Å²) in [6.45, 7) is 2.98. The quantitative estimate of drug-likeness (QED) is 0.941. The van der Waals surface area contributed by atoms with E-state index in [4.69, 9.17) is 0 Å². The van der Waals surface area contributed by atoms with Gasteiger partial charge in [0.25, 0.3) is 5.91 Å². The van der Waals surface area contributed by atoms with Gasteiger partial charge in [-0.25, -0.2) is 0 Å². The summed E-state index contributed by atoms with van der Waals surface area (Å²) >= 11 is 0. The summed E-state index contributed by atoms with van der Waals surface area (Å²) in [5.41, 5.74) is 4.21. The second-order valence-corrected chi connectivity index (χ2v) is 5.42. The Hall–Kier alpha value is -2.36. The lowest BCUT2D eigenvalue weighted by Gasteiger charge is -2.25. The van der Waals surface area contributed by atoms with E-state index in [9.17, 15) is 4.79 Å². The first-order valence-corrected chi connectivity index (χ1v) is 7.20. The Morgan fingerprint density at radius 3 is 2.81 bits per heavy atom. The summed E-state index contributed by atoms with van der Waals surface area (Å²) in [6.07, 6.45) is 4.50. The SMILES string of the molecule is CC(c1ccncc1)N(C)C(=O)c1ccc2c(c1)CCN2. The van der Waals surface area contributed by atoms with Gasteiger partial charge in [0.1, 0.15) is 0 Å². The molecule has 1 amide bonds. The number of anilines is 1. The van der Waals surface area contributed by atoms with Crippen LogP contribution in [0.2, 0.25) is 0 Å². The Bertz CT molecular complexity index is 654. The van der Waals surface area contributed by atoms with Gasteiger partial charge in [-0.05, 0) is 54.8 Å². The van der Waals surface area contributed by atoms with E-state index in [1.165, 1.54) is 5.56 Å². The van der Waals surface area contributed by atoms with E-state index in [0.29, 0.717) is 0 Å². The number of carbonyl (C=O) groups is 1. The van der Waals surface area contributed by atoms with Gasteiger partial charge in [0.05, 0.1) is 6.04 Å². The standard InChI is InChI=1S/C17H19N3O/c1-12(13-5-8-18-9-6-13)20(2)17(21)15-3-4-16-14(11-15)7-10-19-16/h3-6,8-9,11-12,19H,7,10H2,1-2H3. The number of rotatable bonds is 3. The number of hydrogen-bond donors (Lipinski definition) is 1. The average Bonchev–Trinajstić information content (AvgIpc) is 3.01. The van der Waals surface area contributed by atoms with E-state index < -0.39 is 0 Å². The zero-order chi connectivity index (χ0) is 14.8. The van der Waals surface area contributed by atoms with Crippen LogP contribution < -0.4 is 5.32 Å². The van der Waals surface area contributed by atoms with Gasteiger partial charge < -0.3 is 10.2 Å². The largest absolute Gasteiger partial charge is 0.384 e. The molecule has 0 saturated carbocycles. The zero-order valence-corrected chi connectivity index (χ0v) is 12.3. The smallest absolute Gasteiger partial charge is 0.254 e. The van der Waals surface area contributed by atoms with Crippen molar-refractivity contribution in [1.29, 1.82) is 0 Å². The summed E-state index contributed by atoms with van der Waals surface area (Å²) in [5, 5.41) is 3.31. The van der Waals surface area contributed by atoms with Crippen LogP contribution in [0, 0.1) is 0 Å². The van der Waals surface area contributed by atoms with Gasteiger partial charge in [0.2, 0.25) is 0 Å². The Balaban J connectivity index is 1.81. The fourth-order valence-corrected chi connectivity index (χ4v) is 2.68. The summed E-state index contributed by atoms with van der Waals surface area (Å²) in [4.78, 5) is 18.4. The molecule has 1 aromatic heterocycles. The Labute approximate surface area is 124 Å². The van der Waals surface area contributed by atoms with Crippen LogP contribution in [0.3, 0.4) is 0 Å². The third kappa shape index (κ3) is 2.61. The van der Waals surface area contributed by atoms with Crippen molar-refractivity contribution in [3.63, 3.8) is 0 Å². The molecule has 0 spiro atoms. The molecule has 1 unspecified atom stereocenters. The number of nitrogens with zero attached hydrogens (tertiary/aromatic N) is 2. The minimum Gasteiger partial charge on any atom is -0.384 e. The zero-order valence-electron chi connectivity index (χ0n) is 12.3. The Morgan fingerprint density at radius 1 is 1.29 bits per heavy atom. The number of pyridine rings is 1. The van der Waals surface area contributed by atoms with Crippen molar-refractivity contribution >= 4 is 11.6 Å². The third-order valence-corrected chi connectivity index (χ3v) is 4.15. The van der Waals surface area contributed by atoms with Crippen molar-refractivity contribution in [3.8, 4) is 0 Å². The van der Waals surface area contributed by atoms with Crippen LogP contribution in [0.1, 0.15) is 34.5 Å². The lowest BCUT2D eigenvalue weighted by atomic mass is 10.1. The van der Waals surface area contributed by atoms with Crippen LogP contribution >= 0.6 is 0 Å². The van der Waals surface area contributed by atoms with Crippen LogP contribution in [0.4, 0.5) is 5.69 Å². The number of nitrogens with one attached hydrogen (secondary N) is 1. The topological polar surface area (TPSA) is 45.2 Å². The van der Waals surface area contributed by atoms with Crippen molar-refractivity contribution in [2.75, 3.05) is 18.9 Å². The van der Waals surface area contributed by atoms with Crippen molar-refractivity contribution in [3.05, 3.63) is 59.4 Å². The summed E-state index contributed by atoms with van der Waals surface area (Å²) < 4.78 is 0. The fourth-order valence-electron chi connectivity index (χ4n) is 2.68. The molecule has 1 aliphatic heterocycles. The maximum atomic E-state index is 12.6. The number of hydrogen-bond acceptors (Lipinski definition) is 3. The minimum absolute atomic E-state index is 0.0203. The maximum Gasteiger partial charge on any atom is 0.254 e. The summed E-state index contributed by atoms with van der Waals surface area (Å²) in [6, 6.07) is 9.82. The van der Waals surface area contributed by atoms with Crippen LogP contribution in [0.25, 0.3) is 0 Å². The molecule has 0 bridgehead atoms. The molecule has 21 heavy (non-hydrogen) atoms. The fraction of sp³-hybridized carbons (Fsp3) is 0.294. The molecule has 1 atom stereocenters. The van der Waals surface area contributed by atoms with Gasteiger partial charge in [-0.15, -0.1) is 0 Å². The number of amides is 1. The molecular formula is C17H19N3O. The maximum absolute atomic E-state index is 12.6. The van der Waals surface area contributed by atoms with Crippen molar-refractivity contribution in [2.24, 2.45) is 0 Å². The number of carbonyl (C=O) groups excluding carboxylic acids is 1. The van der Waals surface area contributed by atoms with Crippen molar-refractivity contribution in [1.82, 2.24) is 9.88 Å². The molecule has 3 rings (SSSR count). The van der Waals surface area contributed by atoms with E-state index >= 15 is 0 Å². The van der Waals surface area contributed by atoms with Gasteiger partial charge in [-0.1, -0.05) is 0 Å². The van der Waals surface area contributed by atoms with E-state index in [0.717, 1.165) is 29.8 Å². The molecule has 0 radical (unpaired) electrons. The van der Waals surface area contributed by atoms with E-state index in [1.54, 1.807) is 17.3 Å². The molecule has 1 N–H and O–H groups in total. The first-order valence-electron chi connectivity index (χ1n) is 7.20. The van der Waals surface area contributed by atoms with Crippen molar-refractivity contribution in [2.45, 2.75) is 19.4 Å². The molecule has 4 nitrogen and oxygen atoms in total. The van der Waals surface area contributed by atoms with Gasteiger partial charge in [-0.3, -0.25) is 9.78 Å². The molecule has 1 aliphatic rings. The molecule has 108 valence electrons. The van der Waals surface area contributed by atoms with E-state index in [1.807, 2.05) is 44.3 Å². The lowest BCUT2D eigenvalue weighted by Crippen LogP contribution is -2.29. The highest BCUT2D eigenvalue weighted by Gasteiger charge is 2.20. The number of fused-ring (bicyclic) bond motifs is 1. The first-order chi connectivity index (χ1) is 10.2. The van der Waals surface area contributed by atoms with E-state index in [-0.39, 0.29) is 11.9 Å². The molecule has 1 aromatic carbocycles. The van der Waals surface area contributed by atoms with Crippen LogP contribution in [0.15, 0.2) is 42.7 Å². The normalized spacial score (nSPS) is 14.2. The highest BCUT2D eigenvalue weighted by atomic mass is 16.2. The lowest BCUT2D eigenvalue weighted by molar-refractivity contribution is 0.0742. The van der Waals surface area contributed by atoms with Gasteiger partial charge >= 0.3 is 0 Å². The average molecular weight is 281 g/mol. The third-order valence-electron chi connectivity index (χ3n) is 4.15. The number of benzene rings is 1. The molecule has 0 fully saturated rings. The second kappa shape index (κ2) is 5.56. The van der Waals surface area contributed by atoms with Crippen LogP contribution in [-0.4, -0.2) is 29.4 Å². The van der Waals surface area contributed by atoms with Crippen LogP contribution in [-0.2, 0) is 6.42 Å². The Morgan fingerprint density at radius 2 is 2.05 bits per heavy atom. The molecule has 0 saturated heterocycles. The molecule has 2 heterocycles. The monoisotopic (exact) mass is 281 g/mol. The van der Waals surface area contributed by atoms with Gasteiger partial charge in [-0.2, -0.15) is 0 Å². The predicted octanol–water partition coefficient (Wildman–Crippen LogP) is 2.88. The van der Waals surface area contributed by atoms with Crippen LogP contribution in [0.5, 0.6) is 0 Å². The molecule has 4 heteroatoms. The first kappa shape index (κ1) is 13.6. The van der Waals surface area contributed by atoms with E-state index in [2.05, 4.69) is 10.3 Å². The number of aromatic nitrogens is 1. The van der Waals surface area contributed by atoms with Crippen molar-refractivity contribution < 1.29 is 4.79 Å². The second-order valence-electron chi connectivity index (χ2n) is 5.42.